The number of rotatable bonds is 6. The van der Waals surface area contributed by atoms with Crippen molar-refractivity contribution >= 4 is 35.3 Å². The van der Waals surface area contributed by atoms with Crippen molar-refractivity contribution in [3.8, 4) is 5.75 Å². The highest BCUT2D eigenvalue weighted by Gasteiger charge is 2.09. The molecule has 0 aliphatic heterocycles. The lowest BCUT2D eigenvalue weighted by molar-refractivity contribution is 0.112. The maximum Gasteiger partial charge on any atom is 0.323 e. The molecule has 0 atom stereocenters. The van der Waals surface area contributed by atoms with Crippen LogP contribution in [0, 0.1) is 0 Å². The van der Waals surface area contributed by atoms with Gasteiger partial charge in [0.05, 0.1) is 12.3 Å². The first kappa shape index (κ1) is 16.8. The van der Waals surface area contributed by atoms with E-state index in [4.69, 9.17) is 21.4 Å². The van der Waals surface area contributed by atoms with Gasteiger partial charge in [0.1, 0.15) is 18.6 Å². The van der Waals surface area contributed by atoms with Gasteiger partial charge in [0.2, 0.25) is 0 Å². The second-order valence-corrected chi connectivity index (χ2v) is 4.97. The number of nitrogens with one attached hydrogen (secondary N) is 2. The molecule has 0 unspecified atom stereocenters. The van der Waals surface area contributed by atoms with Crippen molar-refractivity contribution in [3.63, 3.8) is 0 Å². The maximum atomic E-state index is 12.1. The van der Waals surface area contributed by atoms with Crippen LogP contribution in [0.5, 0.6) is 5.75 Å². The number of anilines is 2. The summed E-state index contributed by atoms with van der Waals surface area (Å²) in [6, 6.07) is 10.7. The van der Waals surface area contributed by atoms with Crippen molar-refractivity contribution in [2.75, 3.05) is 23.8 Å². The van der Waals surface area contributed by atoms with Gasteiger partial charge in [-0.25, -0.2) is 4.79 Å². The third-order valence-electron chi connectivity index (χ3n) is 2.82. The minimum absolute atomic E-state index is 0.0965. The number of amides is 2. The molecule has 0 spiro atoms. The van der Waals surface area contributed by atoms with Gasteiger partial charge in [-0.3, -0.25) is 4.79 Å². The zero-order valence-electron chi connectivity index (χ0n) is 12.1. The predicted octanol–water partition coefficient (Wildman–Crippen LogP) is 3.17. The van der Waals surface area contributed by atoms with Gasteiger partial charge < -0.3 is 20.5 Å². The fraction of sp³-hybridized carbons (Fsp3) is 0.125. The Bertz CT molecular complexity index is 706. The van der Waals surface area contributed by atoms with Gasteiger partial charge in [0.15, 0.2) is 0 Å². The number of aldehydes is 1. The van der Waals surface area contributed by atoms with Gasteiger partial charge in [0, 0.05) is 16.3 Å². The Labute approximate surface area is 138 Å². The lowest BCUT2D eigenvalue weighted by Gasteiger charge is -2.13. The highest BCUT2D eigenvalue weighted by molar-refractivity contribution is 6.31. The largest absolute Gasteiger partial charge is 0.489 e. The number of hydrogen-bond acceptors (Lipinski definition) is 4. The topological polar surface area (TPSA) is 87.7 Å². The predicted molar refractivity (Wildman–Crippen MR) is 88.5 cm³/mol. The van der Waals surface area contributed by atoms with Gasteiger partial charge in [-0.15, -0.1) is 0 Å². The first-order valence-corrected chi connectivity index (χ1v) is 7.16. The summed E-state index contributed by atoms with van der Waals surface area (Å²) in [4.78, 5) is 22.8. The fourth-order valence-corrected chi connectivity index (χ4v) is 2.03. The number of carbonyl (C=O) groups excluding carboxylic acids is 2. The zero-order chi connectivity index (χ0) is 16.7. The molecule has 2 aromatic carbocycles. The van der Waals surface area contributed by atoms with Crippen LogP contribution in [0.4, 0.5) is 16.2 Å². The Morgan fingerprint density at radius 3 is 2.78 bits per heavy atom. The number of carbonyl (C=O) groups is 2. The zero-order valence-corrected chi connectivity index (χ0v) is 12.8. The first-order chi connectivity index (χ1) is 11.1. The van der Waals surface area contributed by atoms with E-state index in [1.54, 1.807) is 36.4 Å². The molecule has 0 saturated heterocycles. The number of ether oxygens (including phenoxy) is 1. The number of aliphatic hydroxyl groups is 1. The molecule has 0 heterocycles. The maximum absolute atomic E-state index is 12.1. The highest BCUT2D eigenvalue weighted by Crippen LogP contribution is 2.28. The van der Waals surface area contributed by atoms with Gasteiger partial charge in [-0.1, -0.05) is 23.7 Å². The van der Waals surface area contributed by atoms with Gasteiger partial charge >= 0.3 is 6.03 Å². The first-order valence-electron chi connectivity index (χ1n) is 6.79. The molecule has 0 fully saturated rings. The molecule has 3 N–H and O–H groups in total. The van der Waals surface area contributed by atoms with Crippen LogP contribution in [0.1, 0.15) is 10.4 Å². The number of benzene rings is 2. The van der Waals surface area contributed by atoms with Gasteiger partial charge in [0.25, 0.3) is 0 Å². The Morgan fingerprint density at radius 2 is 2.04 bits per heavy atom. The molecular weight excluding hydrogens is 320 g/mol. The fourth-order valence-electron chi connectivity index (χ4n) is 1.86. The standard InChI is InChI=1S/C16H15ClN2O4/c17-12-4-5-15(23-7-6-20)14(9-12)19-16(22)18-13-3-1-2-11(8-13)10-21/h1-5,8-10,20H,6-7H2,(H2,18,19,22). The van der Waals surface area contributed by atoms with E-state index in [9.17, 15) is 9.59 Å². The summed E-state index contributed by atoms with van der Waals surface area (Å²) >= 11 is 5.92. The molecule has 7 heteroatoms. The van der Waals surface area contributed by atoms with E-state index >= 15 is 0 Å². The van der Waals surface area contributed by atoms with Crippen molar-refractivity contribution in [2.45, 2.75) is 0 Å². The summed E-state index contributed by atoms with van der Waals surface area (Å²) in [6.45, 7) is -0.0495. The van der Waals surface area contributed by atoms with E-state index in [2.05, 4.69) is 10.6 Å². The molecule has 23 heavy (non-hydrogen) atoms. The summed E-state index contributed by atoms with van der Waals surface area (Å²) in [6.07, 6.45) is 0.695. The second-order valence-electron chi connectivity index (χ2n) is 4.53. The molecule has 2 amide bonds. The molecule has 0 aromatic heterocycles. The van der Waals surface area contributed by atoms with Crippen LogP contribution in [0.25, 0.3) is 0 Å². The monoisotopic (exact) mass is 334 g/mol. The van der Waals surface area contributed by atoms with Crippen LogP contribution in [0.15, 0.2) is 42.5 Å². The lowest BCUT2D eigenvalue weighted by atomic mass is 10.2. The van der Waals surface area contributed by atoms with Crippen LogP contribution in [0.2, 0.25) is 5.02 Å². The van der Waals surface area contributed by atoms with E-state index < -0.39 is 6.03 Å². The number of hydrogen-bond donors (Lipinski definition) is 3. The Kier molecular flexibility index (Phi) is 5.96. The van der Waals surface area contributed by atoms with E-state index in [1.807, 2.05) is 0 Å². The molecule has 0 saturated carbocycles. The Balaban J connectivity index is 2.09. The Morgan fingerprint density at radius 1 is 1.22 bits per heavy atom. The summed E-state index contributed by atoms with van der Waals surface area (Å²) in [5.74, 6) is 0.389. The second kappa shape index (κ2) is 8.17. The van der Waals surface area contributed by atoms with E-state index in [1.165, 1.54) is 6.07 Å². The number of aliphatic hydroxyl groups excluding tert-OH is 1. The summed E-state index contributed by atoms with van der Waals surface area (Å²) in [5.41, 5.74) is 1.31. The van der Waals surface area contributed by atoms with Crippen LogP contribution >= 0.6 is 11.6 Å². The van der Waals surface area contributed by atoms with Crippen LogP contribution in [-0.2, 0) is 0 Å². The summed E-state index contributed by atoms with van der Waals surface area (Å²) < 4.78 is 5.33. The average molecular weight is 335 g/mol. The van der Waals surface area contributed by atoms with E-state index in [-0.39, 0.29) is 13.2 Å². The van der Waals surface area contributed by atoms with Gasteiger partial charge in [-0.2, -0.15) is 0 Å². The SMILES string of the molecule is O=Cc1cccc(NC(=O)Nc2cc(Cl)ccc2OCCO)c1. The third kappa shape index (κ3) is 4.98. The van der Waals surface area contributed by atoms with Gasteiger partial charge in [-0.05, 0) is 30.3 Å². The average Bonchev–Trinajstić information content (AvgIpc) is 2.54. The summed E-state index contributed by atoms with van der Waals surface area (Å²) in [7, 11) is 0. The third-order valence-corrected chi connectivity index (χ3v) is 3.05. The molecular formula is C16H15ClN2O4. The number of urea groups is 1. The van der Waals surface area contributed by atoms with Crippen LogP contribution in [0.3, 0.4) is 0 Å². The molecule has 2 aromatic rings. The van der Waals surface area contributed by atoms with Crippen molar-refractivity contribution < 1.29 is 19.4 Å². The molecule has 2 rings (SSSR count). The van der Waals surface area contributed by atoms with Crippen molar-refractivity contribution in [1.82, 2.24) is 0 Å². The van der Waals surface area contributed by atoms with Crippen molar-refractivity contribution in [2.24, 2.45) is 0 Å². The summed E-state index contributed by atoms with van der Waals surface area (Å²) in [5, 5.41) is 14.5. The molecule has 120 valence electrons. The van der Waals surface area contributed by atoms with Crippen molar-refractivity contribution in [1.29, 1.82) is 0 Å². The van der Waals surface area contributed by atoms with E-state index in [0.717, 1.165) is 0 Å². The minimum Gasteiger partial charge on any atom is -0.489 e. The van der Waals surface area contributed by atoms with E-state index in [0.29, 0.717) is 34.0 Å². The Hall–Kier alpha value is -2.57. The minimum atomic E-state index is -0.510. The lowest BCUT2D eigenvalue weighted by Crippen LogP contribution is -2.20. The molecule has 0 radical (unpaired) electrons. The normalized spacial score (nSPS) is 10.0. The highest BCUT2D eigenvalue weighted by atomic mass is 35.5. The van der Waals surface area contributed by atoms with Crippen molar-refractivity contribution in [3.05, 3.63) is 53.1 Å². The smallest absolute Gasteiger partial charge is 0.323 e. The quantitative estimate of drug-likeness (QED) is 0.708. The molecule has 0 bridgehead atoms. The molecule has 0 aliphatic carbocycles. The number of halogens is 1. The molecule has 6 nitrogen and oxygen atoms in total. The molecule has 0 aliphatic rings. The van der Waals surface area contributed by atoms with Crippen LogP contribution in [-0.4, -0.2) is 30.6 Å². The van der Waals surface area contributed by atoms with Crippen LogP contribution < -0.4 is 15.4 Å².